The van der Waals surface area contributed by atoms with Crippen molar-refractivity contribution < 1.29 is 13.9 Å². The van der Waals surface area contributed by atoms with Crippen LogP contribution in [0.1, 0.15) is 53.6 Å². The molecule has 2 atom stereocenters. The summed E-state index contributed by atoms with van der Waals surface area (Å²) < 4.78 is 11.5. The summed E-state index contributed by atoms with van der Waals surface area (Å²) in [5, 5.41) is 3.03. The van der Waals surface area contributed by atoms with E-state index in [-0.39, 0.29) is 18.1 Å². The predicted molar refractivity (Wildman–Crippen MR) is 114 cm³/mol. The number of pyridine rings is 1. The van der Waals surface area contributed by atoms with E-state index in [4.69, 9.17) is 9.15 Å². The Hall–Kier alpha value is -3.12. The van der Waals surface area contributed by atoms with Gasteiger partial charge in [0.25, 0.3) is 5.91 Å². The van der Waals surface area contributed by atoms with Crippen LogP contribution in [0.15, 0.2) is 71.5 Å². The SMILES string of the molecule is C[C@H](Oc1ccc(C(=O)NC[C@@H](c2ccco2)N2CCCC2)cn1)c1ccccc1. The standard InChI is InChI=1S/C24H27N3O3/c1-18(19-8-3-2-4-9-19)30-23-12-11-20(16-25-23)24(28)26-17-21(22-10-7-15-29-22)27-13-5-6-14-27/h2-4,7-12,15-16,18,21H,5-6,13-14,17H2,1H3,(H,26,28)/t18-,21-/m0/s1. The number of likely N-dealkylation sites (tertiary alicyclic amines) is 1. The summed E-state index contributed by atoms with van der Waals surface area (Å²) in [6.45, 7) is 4.52. The van der Waals surface area contributed by atoms with E-state index in [1.54, 1.807) is 24.6 Å². The first-order chi connectivity index (χ1) is 14.7. The molecule has 6 nitrogen and oxygen atoms in total. The molecule has 0 saturated carbocycles. The van der Waals surface area contributed by atoms with E-state index >= 15 is 0 Å². The van der Waals surface area contributed by atoms with Gasteiger partial charge in [0.1, 0.15) is 11.9 Å². The molecule has 6 heteroatoms. The second-order valence-electron chi connectivity index (χ2n) is 7.54. The first kappa shape index (κ1) is 20.2. The molecule has 1 saturated heterocycles. The van der Waals surface area contributed by atoms with Gasteiger partial charge in [-0.1, -0.05) is 30.3 Å². The second-order valence-corrected chi connectivity index (χ2v) is 7.54. The Bertz CT molecular complexity index is 920. The minimum Gasteiger partial charge on any atom is -0.470 e. The largest absolute Gasteiger partial charge is 0.470 e. The normalized spacial score (nSPS) is 16.2. The minimum atomic E-state index is -0.152. The number of furan rings is 1. The highest BCUT2D eigenvalue weighted by Crippen LogP contribution is 2.25. The second kappa shape index (κ2) is 9.59. The zero-order valence-corrected chi connectivity index (χ0v) is 17.2. The van der Waals surface area contributed by atoms with Crippen molar-refractivity contribution in [2.75, 3.05) is 19.6 Å². The number of ether oxygens (including phenoxy) is 1. The first-order valence-electron chi connectivity index (χ1n) is 10.4. The van der Waals surface area contributed by atoms with Gasteiger partial charge in [-0.15, -0.1) is 0 Å². The lowest BCUT2D eigenvalue weighted by molar-refractivity contribution is 0.0933. The van der Waals surface area contributed by atoms with Crippen LogP contribution in [0.4, 0.5) is 0 Å². The quantitative estimate of drug-likeness (QED) is 0.602. The van der Waals surface area contributed by atoms with Crippen molar-refractivity contribution in [2.24, 2.45) is 0 Å². The van der Waals surface area contributed by atoms with E-state index in [0.717, 1.165) is 24.4 Å². The van der Waals surface area contributed by atoms with Crippen LogP contribution in [-0.2, 0) is 0 Å². The van der Waals surface area contributed by atoms with Crippen LogP contribution in [0.3, 0.4) is 0 Å². The van der Waals surface area contributed by atoms with Gasteiger partial charge >= 0.3 is 0 Å². The van der Waals surface area contributed by atoms with Crippen LogP contribution in [-0.4, -0.2) is 35.4 Å². The van der Waals surface area contributed by atoms with E-state index in [0.29, 0.717) is 18.0 Å². The Balaban J connectivity index is 1.35. The maximum absolute atomic E-state index is 12.6. The lowest BCUT2D eigenvalue weighted by atomic mass is 10.1. The number of nitrogens with zero attached hydrogens (tertiary/aromatic N) is 2. The molecule has 0 radical (unpaired) electrons. The highest BCUT2D eigenvalue weighted by Gasteiger charge is 2.26. The molecule has 1 aliphatic rings. The zero-order chi connectivity index (χ0) is 20.8. The molecule has 0 spiro atoms. The van der Waals surface area contributed by atoms with Crippen LogP contribution in [0.25, 0.3) is 0 Å². The fourth-order valence-electron chi connectivity index (χ4n) is 3.79. The Morgan fingerprint density at radius 3 is 2.60 bits per heavy atom. The number of benzene rings is 1. The molecule has 0 aliphatic carbocycles. The van der Waals surface area contributed by atoms with E-state index in [2.05, 4.69) is 15.2 Å². The number of hydrogen-bond donors (Lipinski definition) is 1. The first-order valence-corrected chi connectivity index (χ1v) is 10.4. The van der Waals surface area contributed by atoms with Crippen LogP contribution in [0, 0.1) is 0 Å². The number of hydrogen-bond acceptors (Lipinski definition) is 5. The van der Waals surface area contributed by atoms with Gasteiger partial charge in [-0.05, 0) is 56.6 Å². The fraction of sp³-hybridized carbons (Fsp3) is 0.333. The van der Waals surface area contributed by atoms with Gasteiger partial charge in [-0.25, -0.2) is 4.98 Å². The Morgan fingerprint density at radius 2 is 1.93 bits per heavy atom. The third kappa shape index (κ3) is 4.89. The predicted octanol–water partition coefficient (Wildman–Crippen LogP) is 4.38. The number of aromatic nitrogens is 1. The van der Waals surface area contributed by atoms with Crippen LogP contribution in [0.2, 0.25) is 0 Å². The molecule has 1 fully saturated rings. The topological polar surface area (TPSA) is 67.6 Å². The molecule has 1 aliphatic heterocycles. The molecule has 0 unspecified atom stereocenters. The van der Waals surface area contributed by atoms with Gasteiger partial charge in [-0.3, -0.25) is 9.69 Å². The maximum Gasteiger partial charge on any atom is 0.252 e. The summed E-state index contributed by atoms with van der Waals surface area (Å²) in [5.74, 6) is 1.23. The maximum atomic E-state index is 12.6. The monoisotopic (exact) mass is 405 g/mol. The van der Waals surface area contributed by atoms with Gasteiger partial charge in [0.05, 0.1) is 17.9 Å². The number of nitrogens with one attached hydrogen (secondary N) is 1. The van der Waals surface area contributed by atoms with Gasteiger partial charge in [0.15, 0.2) is 0 Å². The van der Waals surface area contributed by atoms with Crippen LogP contribution < -0.4 is 10.1 Å². The minimum absolute atomic E-state index is 0.0498. The summed E-state index contributed by atoms with van der Waals surface area (Å²) >= 11 is 0. The highest BCUT2D eigenvalue weighted by atomic mass is 16.5. The van der Waals surface area contributed by atoms with Crippen molar-refractivity contribution in [2.45, 2.75) is 31.9 Å². The van der Waals surface area contributed by atoms with Gasteiger partial charge in [-0.2, -0.15) is 0 Å². The summed E-state index contributed by atoms with van der Waals surface area (Å²) in [6.07, 6.45) is 5.47. The average Bonchev–Trinajstić information content (AvgIpc) is 3.50. The summed E-state index contributed by atoms with van der Waals surface area (Å²) in [7, 11) is 0. The van der Waals surface area contributed by atoms with Crippen molar-refractivity contribution in [1.82, 2.24) is 15.2 Å². The van der Waals surface area contributed by atoms with Crippen molar-refractivity contribution in [3.8, 4) is 5.88 Å². The van der Waals surface area contributed by atoms with Gasteiger partial charge in [0, 0.05) is 18.8 Å². The number of rotatable bonds is 8. The lowest BCUT2D eigenvalue weighted by Crippen LogP contribution is -2.36. The number of carbonyl (C=O) groups is 1. The van der Waals surface area contributed by atoms with E-state index < -0.39 is 0 Å². The molecule has 4 rings (SSSR count). The highest BCUT2D eigenvalue weighted by molar-refractivity contribution is 5.93. The molecular weight excluding hydrogens is 378 g/mol. The van der Waals surface area contributed by atoms with E-state index in [9.17, 15) is 4.79 Å². The average molecular weight is 405 g/mol. The molecule has 156 valence electrons. The smallest absolute Gasteiger partial charge is 0.252 e. The number of amides is 1. The van der Waals surface area contributed by atoms with E-state index in [1.807, 2.05) is 49.4 Å². The van der Waals surface area contributed by atoms with Crippen molar-refractivity contribution in [1.29, 1.82) is 0 Å². The van der Waals surface area contributed by atoms with Crippen LogP contribution >= 0.6 is 0 Å². The number of carbonyl (C=O) groups excluding carboxylic acids is 1. The molecular formula is C24H27N3O3. The molecule has 1 N–H and O–H groups in total. The summed E-state index contributed by atoms with van der Waals surface area (Å²) in [4.78, 5) is 19.3. The van der Waals surface area contributed by atoms with Crippen molar-refractivity contribution in [3.05, 3.63) is 83.9 Å². The molecule has 0 bridgehead atoms. The van der Waals surface area contributed by atoms with Crippen molar-refractivity contribution >= 4 is 5.91 Å². The zero-order valence-electron chi connectivity index (χ0n) is 17.2. The summed E-state index contributed by atoms with van der Waals surface area (Å²) in [5.41, 5.74) is 1.58. The third-order valence-electron chi connectivity index (χ3n) is 5.47. The van der Waals surface area contributed by atoms with E-state index in [1.165, 1.54) is 12.8 Å². The molecule has 30 heavy (non-hydrogen) atoms. The molecule has 3 aromatic rings. The molecule has 2 aromatic heterocycles. The van der Waals surface area contributed by atoms with Crippen molar-refractivity contribution in [3.63, 3.8) is 0 Å². The Labute approximate surface area is 176 Å². The molecule has 3 heterocycles. The Morgan fingerprint density at radius 1 is 1.13 bits per heavy atom. The summed E-state index contributed by atoms with van der Waals surface area (Å²) in [6, 6.07) is 17.4. The molecule has 1 amide bonds. The van der Waals surface area contributed by atoms with Crippen LogP contribution in [0.5, 0.6) is 5.88 Å². The molecule has 1 aromatic carbocycles. The third-order valence-corrected chi connectivity index (χ3v) is 5.47. The van der Waals surface area contributed by atoms with Gasteiger partial charge in [0.2, 0.25) is 5.88 Å². The fourth-order valence-corrected chi connectivity index (χ4v) is 3.79. The lowest BCUT2D eigenvalue weighted by Gasteiger charge is -2.26. The Kier molecular flexibility index (Phi) is 6.44. The van der Waals surface area contributed by atoms with Gasteiger partial charge < -0.3 is 14.5 Å².